The van der Waals surface area contributed by atoms with Crippen molar-refractivity contribution in [3.63, 3.8) is 0 Å². The van der Waals surface area contributed by atoms with Crippen molar-refractivity contribution in [1.82, 2.24) is 9.80 Å². The standard InChI is InChI=1S/C21H28N2O2/c1-14(2)11-23-20(24)18(17-8-6-5-7-9-17)19(21(23)25)22-12-15(3)10-16(4)13-22/h5-9,14-16H,10-13H2,1-4H3. The summed E-state index contributed by atoms with van der Waals surface area (Å²) in [5.41, 5.74) is 2.02. The number of hydrogen-bond donors (Lipinski definition) is 0. The summed E-state index contributed by atoms with van der Waals surface area (Å²) >= 11 is 0. The average molecular weight is 340 g/mol. The van der Waals surface area contributed by atoms with Crippen molar-refractivity contribution >= 4 is 17.4 Å². The highest BCUT2D eigenvalue weighted by Crippen LogP contribution is 2.35. The number of benzene rings is 1. The van der Waals surface area contributed by atoms with E-state index in [0.29, 0.717) is 29.7 Å². The van der Waals surface area contributed by atoms with Crippen molar-refractivity contribution in [3.8, 4) is 0 Å². The summed E-state index contributed by atoms with van der Waals surface area (Å²) in [5, 5.41) is 0. The van der Waals surface area contributed by atoms with E-state index in [1.165, 1.54) is 11.3 Å². The maximum absolute atomic E-state index is 13.2. The summed E-state index contributed by atoms with van der Waals surface area (Å²) in [7, 11) is 0. The lowest BCUT2D eigenvalue weighted by Gasteiger charge is -2.37. The molecule has 1 aromatic carbocycles. The van der Waals surface area contributed by atoms with Gasteiger partial charge in [0.2, 0.25) is 0 Å². The van der Waals surface area contributed by atoms with Crippen LogP contribution in [0.4, 0.5) is 0 Å². The molecule has 1 fully saturated rings. The van der Waals surface area contributed by atoms with Gasteiger partial charge in [-0.1, -0.05) is 58.0 Å². The van der Waals surface area contributed by atoms with Gasteiger partial charge in [-0.3, -0.25) is 14.5 Å². The van der Waals surface area contributed by atoms with Crippen LogP contribution in [-0.4, -0.2) is 41.2 Å². The van der Waals surface area contributed by atoms with Gasteiger partial charge in [0.1, 0.15) is 5.70 Å². The van der Waals surface area contributed by atoms with Crippen molar-refractivity contribution in [2.75, 3.05) is 19.6 Å². The Morgan fingerprint density at radius 3 is 2.16 bits per heavy atom. The Morgan fingerprint density at radius 2 is 1.60 bits per heavy atom. The van der Waals surface area contributed by atoms with E-state index in [1.54, 1.807) is 0 Å². The number of carbonyl (C=O) groups is 2. The van der Waals surface area contributed by atoms with Crippen LogP contribution in [0, 0.1) is 17.8 Å². The largest absolute Gasteiger partial charge is 0.366 e. The van der Waals surface area contributed by atoms with Gasteiger partial charge in [-0.15, -0.1) is 0 Å². The summed E-state index contributed by atoms with van der Waals surface area (Å²) in [5.74, 6) is 1.03. The summed E-state index contributed by atoms with van der Waals surface area (Å²) in [6.45, 7) is 10.7. The van der Waals surface area contributed by atoms with Gasteiger partial charge < -0.3 is 4.90 Å². The second-order valence-corrected chi connectivity index (χ2v) is 8.06. The Morgan fingerprint density at radius 1 is 1.00 bits per heavy atom. The molecule has 0 N–H and O–H groups in total. The monoisotopic (exact) mass is 340 g/mol. The SMILES string of the molecule is CC(C)CN1C(=O)C(c2ccccc2)=C(N2CC(C)CC(C)C2)C1=O. The minimum absolute atomic E-state index is 0.126. The molecule has 2 amide bonds. The van der Waals surface area contributed by atoms with E-state index >= 15 is 0 Å². The fourth-order valence-electron chi connectivity index (χ4n) is 4.10. The quantitative estimate of drug-likeness (QED) is 0.789. The zero-order valence-corrected chi connectivity index (χ0v) is 15.7. The van der Waals surface area contributed by atoms with Gasteiger partial charge in [-0.25, -0.2) is 0 Å². The van der Waals surface area contributed by atoms with Crippen molar-refractivity contribution in [2.45, 2.75) is 34.1 Å². The van der Waals surface area contributed by atoms with E-state index in [4.69, 9.17) is 0 Å². The lowest BCUT2D eigenvalue weighted by molar-refractivity contribution is -0.138. The molecule has 2 aliphatic heterocycles. The second-order valence-electron chi connectivity index (χ2n) is 8.06. The van der Waals surface area contributed by atoms with Crippen LogP contribution in [0.3, 0.4) is 0 Å². The van der Waals surface area contributed by atoms with Crippen LogP contribution in [0.1, 0.15) is 39.7 Å². The molecular weight excluding hydrogens is 312 g/mol. The molecule has 0 aliphatic carbocycles. The van der Waals surface area contributed by atoms with E-state index in [1.807, 2.05) is 44.2 Å². The van der Waals surface area contributed by atoms with Crippen LogP contribution in [0.25, 0.3) is 5.57 Å². The number of hydrogen-bond acceptors (Lipinski definition) is 3. The summed E-state index contributed by atoms with van der Waals surface area (Å²) in [6, 6.07) is 9.63. The second kappa shape index (κ2) is 7.03. The van der Waals surface area contributed by atoms with Crippen molar-refractivity contribution in [2.24, 2.45) is 17.8 Å². The van der Waals surface area contributed by atoms with Crippen molar-refractivity contribution < 1.29 is 9.59 Å². The summed E-state index contributed by atoms with van der Waals surface area (Å²) in [4.78, 5) is 29.8. The highest BCUT2D eigenvalue weighted by atomic mass is 16.2. The van der Waals surface area contributed by atoms with Gasteiger partial charge in [0.15, 0.2) is 0 Å². The molecule has 0 aromatic heterocycles. The number of carbonyl (C=O) groups excluding carboxylic acids is 2. The molecule has 0 radical (unpaired) electrons. The maximum Gasteiger partial charge on any atom is 0.277 e. The Balaban J connectivity index is 2.05. The highest BCUT2D eigenvalue weighted by molar-refractivity contribution is 6.35. The molecule has 2 atom stereocenters. The third kappa shape index (κ3) is 3.48. The Hall–Kier alpha value is -2.10. The first kappa shape index (κ1) is 17.7. The maximum atomic E-state index is 13.2. The number of likely N-dealkylation sites (tertiary alicyclic amines) is 1. The molecule has 4 nitrogen and oxygen atoms in total. The minimum Gasteiger partial charge on any atom is -0.366 e. The van der Waals surface area contributed by atoms with Crippen LogP contribution >= 0.6 is 0 Å². The number of amides is 2. The van der Waals surface area contributed by atoms with Crippen LogP contribution in [0.15, 0.2) is 36.0 Å². The normalized spacial score (nSPS) is 24.7. The molecule has 0 bridgehead atoms. The smallest absolute Gasteiger partial charge is 0.277 e. The summed E-state index contributed by atoms with van der Waals surface area (Å²) in [6.07, 6.45) is 1.17. The first-order chi connectivity index (χ1) is 11.9. The molecule has 2 aliphatic rings. The molecule has 2 unspecified atom stereocenters. The van der Waals surface area contributed by atoms with E-state index < -0.39 is 0 Å². The Bertz CT molecular complexity index is 683. The summed E-state index contributed by atoms with van der Waals surface area (Å²) < 4.78 is 0. The first-order valence-corrected chi connectivity index (χ1v) is 9.29. The van der Waals surface area contributed by atoms with E-state index in [0.717, 1.165) is 18.7 Å². The molecule has 3 rings (SSSR count). The van der Waals surface area contributed by atoms with Gasteiger partial charge in [0.25, 0.3) is 11.8 Å². The molecule has 0 saturated carbocycles. The third-order valence-corrected chi connectivity index (χ3v) is 4.94. The highest BCUT2D eigenvalue weighted by Gasteiger charge is 2.42. The molecule has 2 heterocycles. The number of rotatable bonds is 4. The molecule has 1 aromatic rings. The van der Waals surface area contributed by atoms with Gasteiger partial charge in [-0.2, -0.15) is 0 Å². The van der Waals surface area contributed by atoms with E-state index in [-0.39, 0.29) is 17.7 Å². The Kier molecular flexibility index (Phi) is 4.98. The van der Waals surface area contributed by atoms with Crippen LogP contribution in [0.2, 0.25) is 0 Å². The first-order valence-electron chi connectivity index (χ1n) is 9.29. The fourth-order valence-corrected chi connectivity index (χ4v) is 4.10. The number of nitrogens with zero attached hydrogens (tertiary/aromatic N) is 2. The lowest BCUT2D eigenvalue weighted by Crippen LogP contribution is -2.42. The third-order valence-electron chi connectivity index (χ3n) is 4.94. The molecule has 4 heteroatoms. The average Bonchev–Trinajstić information content (AvgIpc) is 2.79. The van der Waals surface area contributed by atoms with Gasteiger partial charge in [0, 0.05) is 19.6 Å². The van der Waals surface area contributed by atoms with Crippen molar-refractivity contribution in [3.05, 3.63) is 41.6 Å². The minimum atomic E-state index is -0.147. The van der Waals surface area contributed by atoms with Gasteiger partial charge >= 0.3 is 0 Å². The predicted molar refractivity (Wildman–Crippen MR) is 99.4 cm³/mol. The lowest BCUT2D eigenvalue weighted by atomic mass is 9.91. The van der Waals surface area contributed by atoms with Crippen LogP contribution in [0.5, 0.6) is 0 Å². The number of piperidine rings is 1. The van der Waals surface area contributed by atoms with E-state index in [9.17, 15) is 9.59 Å². The molecular formula is C21H28N2O2. The van der Waals surface area contributed by atoms with Gasteiger partial charge in [-0.05, 0) is 29.7 Å². The molecule has 0 spiro atoms. The van der Waals surface area contributed by atoms with Crippen LogP contribution in [-0.2, 0) is 9.59 Å². The van der Waals surface area contributed by atoms with Crippen LogP contribution < -0.4 is 0 Å². The van der Waals surface area contributed by atoms with E-state index in [2.05, 4.69) is 18.7 Å². The zero-order valence-electron chi connectivity index (χ0n) is 15.7. The fraction of sp³-hybridized carbons (Fsp3) is 0.524. The van der Waals surface area contributed by atoms with Gasteiger partial charge in [0.05, 0.1) is 5.57 Å². The predicted octanol–water partition coefficient (Wildman–Crippen LogP) is 3.40. The molecule has 25 heavy (non-hydrogen) atoms. The molecule has 134 valence electrons. The zero-order chi connectivity index (χ0) is 18.1. The van der Waals surface area contributed by atoms with Crippen molar-refractivity contribution in [1.29, 1.82) is 0 Å². The Labute approximate surface area is 150 Å². The molecule has 1 saturated heterocycles. The number of imide groups is 1. The topological polar surface area (TPSA) is 40.6 Å².